The Kier molecular flexibility index (Phi) is 1.69. The number of hydrogen-bond acceptors (Lipinski definition) is 1. The summed E-state index contributed by atoms with van der Waals surface area (Å²) in [4.78, 5) is 4.19. The van der Waals surface area contributed by atoms with Crippen molar-refractivity contribution in [2.45, 2.75) is 20.3 Å². The quantitative estimate of drug-likeness (QED) is 0.536. The van der Waals surface area contributed by atoms with E-state index < -0.39 is 0 Å². The minimum atomic E-state index is 1.04. The highest BCUT2D eigenvalue weighted by atomic mass is 14.6. The summed E-state index contributed by atoms with van der Waals surface area (Å²) in [5.74, 6) is 0. The fraction of sp³-hybridized carbons (Fsp3) is 0.214. The van der Waals surface area contributed by atoms with Gasteiger partial charge in [-0.15, -0.1) is 0 Å². The summed E-state index contributed by atoms with van der Waals surface area (Å²) in [5, 5.41) is 0. The van der Waals surface area contributed by atoms with Gasteiger partial charge in [-0.05, 0) is 53.3 Å². The molecule has 15 heavy (non-hydrogen) atoms. The van der Waals surface area contributed by atoms with Crippen molar-refractivity contribution in [3.8, 4) is 11.1 Å². The maximum absolute atomic E-state index is 4.19. The Morgan fingerprint density at radius 2 is 1.93 bits per heavy atom. The van der Waals surface area contributed by atoms with Gasteiger partial charge in [0.25, 0.3) is 0 Å². The number of nitrogens with zero attached hydrogens (tertiary/aromatic N) is 1. The molecule has 0 amide bonds. The van der Waals surface area contributed by atoms with Crippen molar-refractivity contribution in [1.29, 1.82) is 0 Å². The van der Waals surface area contributed by atoms with Crippen LogP contribution in [0.4, 0.5) is 0 Å². The number of fused-ring (bicyclic) bond motifs is 3. The number of aromatic nitrogens is 1. The van der Waals surface area contributed by atoms with Crippen LogP contribution in [0.2, 0.25) is 0 Å². The molecule has 1 aliphatic rings. The third-order valence-corrected chi connectivity index (χ3v) is 3.38. The molecule has 0 unspecified atom stereocenters. The van der Waals surface area contributed by atoms with Gasteiger partial charge in [-0.2, -0.15) is 0 Å². The Bertz CT molecular complexity index is 541. The smallest absolute Gasteiger partial charge is 0.0309 e. The summed E-state index contributed by atoms with van der Waals surface area (Å²) in [7, 11) is 0. The van der Waals surface area contributed by atoms with E-state index in [-0.39, 0.29) is 0 Å². The lowest BCUT2D eigenvalue weighted by atomic mass is 9.97. The van der Waals surface area contributed by atoms with Gasteiger partial charge in [0.1, 0.15) is 0 Å². The van der Waals surface area contributed by atoms with Crippen LogP contribution < -0.4 is 0 Å². The molecule has 0 bridgehead atoms. The molecule has 0 atom stereocenters. The summed E-state index contributed by atoms with van der Waals surface area (Å²) < 4.78 is 0. The van der Waals surface area contributed by atoms with Crippen LogP contribution in [0.3, 0.4) is 0 Å². The predicted octanol–water partition coefficient (Wildman–Crippen LogP) is 3.27. The highest BCUT2D eigenvalue weighted by Gasteiger charge is 2.20. The van der Waals surface area contributed by atoms with Crippen LogP contribution in [0.1, 0.15) is 22.3 Å². The summed E-state index contributed by atoms with van der Waals surface area (Å²) in [6.07, 6.45) is 4.92. The van der Waals surface area contributed by atoms with E-state index in [1.54, 1.807) is 0 Å². The zero-order valence-electron chi connectivity index (χ0n) is 9.04. The van der Waals surface area contributed by atoms with Gasteiger partial charge in [-0.3, -0.25) is 4.98 Å². The third-order valence-electron chi connectivity index (χ3n) is 3.38. The average molecular weight is 195 g/mol. The topological polar surface area (TPSA) is 12.9 Å². The normalized spacial score (nSPS) is 12.4. The first-order valence-corrected chi connectivity index (χ1v) is 5.29. The summed E-state index contributed by atoms with van der Waals surface area (Å²) in [6.45, 7) is 4.39. The zero-order valence-corrected chi connectivity index (χ0v) is 9.04. The van der Waals surface area contributed by atoms with Crippen LogP contribution in [-0.2, 0) is 6.42 Å². The molecule has 0 fully saturated rings. The predicted molar refractivity (Wildman–Crippen MR) is 62.0 cm³/mol. The molecule has 0 N–H and O–H groups in total. The third kappa shape index (κ3) is 1.13. The lowest BCUT2D eigenvalue weighted by Crippen LogP contribution is -1.87. The second-order valence-electron chi connectivity index (χ2n) is 4.25. The summed E-state index contributed by atoms with van der Waals surface area (Å²) in [6, 6.07) is 6.60. The Morgan fingerprint density at radius 1 is 1.07 bits per heavy atom. The van der Waals surface area contributed by atoms with Gasteiger partial charge in [-0.25, -0.2) is 0 Å². The lowest BCUT2D eigenvalue weighted by Gasteiger charge is -2.08. The zero-order chi connectivity index (χ0) is 10.4. The van der Waals surface area contributed by atoms with E-state index in [2.05, 4.69) is 37.0 Å². The standard InChI is InChI=1S/C14H13N/c1-9-3-4-11-7-12-8-15-6-5-13(12)14(11)10(9)2/h3-6,8H,7H2,1-2H3. The molecule has 0 spiro atoms. The molecular weight excluding hydrogens is 182 g/mol. The largest absolute Gasteiger partial charge is 0.264 e. The molecule has 1 aromatic heterocycles. The molecule has 74 valence electrons. The molecule has 1 aliphatic carbocycles. The van der Waals surface area contributed by atoms with E-state index in [0.29, 0.717) is 0 Å². The van der Waals surface area contributed by atoms with Gasteiger partial charge in [0, 0.05) is 18.8 Å². The average Bonchev–Trinajstić information content (AvgIpc) is 2.62. The second kappa shape index (κ2) is 2.93. The van der Waals surface area contributed by atoms with E-state index in [1.165, 1.54) is 33.4 Å². The molecule has 0 saturated carbocycles. The van der Waals surface area contributed by atoms with Crippen molar-refractivity contribution in [3.63, 3.8) is 0 Å². The van der Waals surface area contributed by atoms with E-state index in [0.717, 1.165) is 6.42 Å². The highest BCUT2D eigenvalue weighted by Crippen LogP contribution is 2.38. The molecule has 1 heteroatoms. The maximum Gasteiger partial charge on any atom is 0.0309 e. The first-order valence-electron chi connectivity index (χ1n) is 5.29. The maximum atomic E-state index is 4.19. The first-order chi connectivity index (χ1) is 7.27. The van der Waals surface area contributed by atoms with Crippen molar-refractivity contribution >= 4 is 0 Å². The van der Waals surface area contributed by atoms with Crippen molar-refractivity contribution in [2.75, 3.05) is 0 Å². The number of benzene rings is 1. The Hall–Kier alpha value is -1.63. The van der Waals surface area contributed by atoms with Crippen molar-refractivity contribution in [3.05, 3.63) is 52.8 Å². The Morgan fingerprint density at radius 3 is 2.80 bits per heavy atom. The lowest BCUT2D eigenvalue weighted by molar-refractivity contribution is 1.20. The minimum absolute atomic E-state index is 1.04. The van der Waals surface area contributed by atoms with E-state index >= 15 is 0 Å². The van der Waals surface area contributed by atoms with Crippen LogP contribution in [-0.4, -0.2) is 4.98 Å². The van der Waals surface area contributed by atoms with Crippen molar-refractivity contribution in [1.82, 2.24) is 4.98 Å². The summed E-state index contributed by atoms with van der Waals surface area (Å²) in [5.41, 5.74) is 8.41. The number of aryl methyl sites for hydroxylation is 1. The monoisotopic (exact) mass is 195 g/mol. The van der Waals surface area contributed by atoms with Crippen molar-refractivity contribution < 1.29 is 0 Å². The van der Waals surface area contributed by atoms with Crippen LogP contribution in [0.25, 0.3) is 11.1 Å². The first kappa shape index (κ1) is 8.66. The molecule has 1 heterocycles. The van der Waals surface area contributed by atoms with Gasteiger partial charge < -0.3 is 0 Å². The molecule has 1 nitrogen and oxygen atoms in total. The second-order valence-corrected chi connectivity index (χ2v) is 4.25. The summed E-state index contributed by atoms with van der Waals surface area (Å²) >= 11 is 0. The Balaban J connectivity index is 2.36. The van der Waals surface area contributed by atoms with Crippen LogP contribution in [0, 0.1) is 13.8 Å². The molecule has 0 radical (unpaired) electrons. The fourth-order valence-electron chi connectivity index (χ4n) is 2.41. The minimum Gasteiger partial charge on any atom is -0.264 e. The molecule has 1 aromatic carbocycles. The molecule has 2 aromatic rings. The number of rotatable bonds is 0. The van der Waals surface area contributed by atoms with Crippen LogP contribution >= 0.6 is 0 Å². The van der Waals surface area contributed by atoms with E-state index in [9.17, 15) is 0 Å². The van der Waals surface area contributed by atoms with Gasteiger partial charge in [0.05, 0.1) is 0 Å². The molecule has 0 saturated heterocycles. The van der Waals surface area contributed by atoms with E-state index in [4.69, 9.17) is 0 Å². The molecule has 0 aliphatic heterocycles. The van der Waals surface area contributed by atoms with Gasteiger partial charge in [0.2, 0.25) is 0 Å². The molecule has 3 rings (SSSR count). The number of hydrogen-bond donors (Lipinski definition) is 0. The molecular formula is C14H13N. The van der Waals surface area contributed by atoms with Crippen LogP contribution in [0.5, 0.6) is 0 Å². The van der Waals surface area contributed by atoms with E-state index in [1.807, 2.05) is 12.4 Å². The van der Waals surface area contributed by atoms with Crippen molar-refractivity contribution in [2.24, 2.45) is 0 Å². The SMILES string of the molecule is Cc1ccc2c(c1C)-c1ccncc1C2. The van der Waals surface area contributed by atoms with Gasteiger partial charge in [-0.1, -0.05) is 12.1 Å². The van der Waals surface area contributed by atoms with Crippen LogP contribution in [0.15, 0.2) is 30.6 Å². The van der Waals surface area contributed by atoms with Gasteiger partial charge >= 0.3 is 0 Å². The Labute approximate surface area is 89.8 Å². The number of pyridine rings is 1. The highest BCUT2D eigenvalue weighted by molar-refractivity contribution is 5.79. The fourth-order valence-corrected chi connectivity index (χ4v) is 2.41. The van der Waals surface area contributed by atoms with Gasteiger partial charge in [0.15, 0.2) is 0 Å².